The molecule has 62 valence electrons. The van der Waals surface area contributed by atoms with Crippen molar-refractivity contribution >= 4 is 5.91 Å². The molecule has 1 aliphatic carbocycles. The lowest BCUT2D eigenvalue weighted by Crippen LogP contribution is -2.55. The molecule has 1 saturated carbocycles. The second kappa shape index (κ2) is 1.54. The molecule has 0 aromatic heterocycles. The van der Waals surface area contributed by atoms with Crippen molar-refractivity contribution in [2.45, 2.75) is 24.6 Å². The predicted octanol–water partition coefficient (Wildman–Crippen LogP) is 0.827. The van der Waals surface area contributed by atoms with Crippen LogP contribution in [0.15, 0.2) is 0 Å². The Bertz CT molecular complexity index is 216. The summed E-state index contributed by atoms with van der Waals surface area (Å²) in [4.78, 5) is 10.7. The summed E-state index contributed by atoms with van der Waals surface area (Å²) >= 11 is 0. The minimum atomic E-state index is -4.27. The molecule has 2 heterocycles. The summed E-state index contributed by atoms with van der Waals surface area (Å²) in [7, 11) is 0. The highest BCUT2D eigenvalue weighted by molar-refractivity contribution is 5.86. The van der Waals surface area contributed by atoms with Gasteiger partial charge in [-0.2, -0.15) is 13.2 Å². The third-order valence-electron chi connectivity index (χ3n) is 2.47. The van der Waals surface area contributed by atoms with E-state index in [4.69, 9.17) is 0 Å². The number of hydrogen-bond donors (Lipinski definition) is 1. The normalized spacial score (nSPS) is 41.7. The second-order valence-corrected chi connectivity index (χ2v) is 3.17. The van der Waals surface area contributed by atoms with Crippen LogP contribution in [-0.4, -0.2) is 17.6 Å². The molecule has 2 aliphatic heterocycles. The Balaban J connectivity index is 2.24. The van der Waals surface area contributed by atoms with Crippen LogP contribution in [0.25, 0.3) is 0 Å². The second-order valence-electron chi connectivity index (χ2n) is 3.17. The number of nitrogens with one attached hydrogen (secondary N) is 1. The van der Waals surface area contributed by atoms with Gasteiger partial charge in [-0.25, -0.2) is 0 Å². The zero-order chi connectivity index (χ0) is 8.28. The number of rotatable bonds is 0. The fourth-order valence-electron chi connectivity index (χ4n) is 1.71. The highest BCUT2D eigenvalue weighted by Gasteiger charge is 2.69. The highest BCUT2D eigenvalue weighted by atomic mass is 19.4. The van der Waals surface area contributed by atoms with Crippen LogP contribution in [-0.2, 0) is 4.79 Å². The Morgan fingerprint density at radius 2 is 2.00 bits per heavy atom. The molecule has 1 amide bonds. The Morgan fingerprint density at radius 3 is 2.18 bits per heavy atom. The summed E-state index contributed by atoms with van der Waals surface area (Å²) < 4.78 is 36.4. The molecule has 2 nitrogen and oxygen atoms in total. The quantitative estimate of drug-likeness (QED) is 0.565. The van der Waals surface area contributed by atoms with E-state index in [1.54, 1.807) is 0 Å². The zero-order valence-corrected chi connectivity index (χ0v) is 5.53. The minimum absolute atomic E-state index is 0.0602. The van der Waals surface area contributed by atoms with Gasteiger partial charge in [-0.15, -0.1) is 0 Å². The van der Waals surface area contributed by atoms with Gasteiger partial charge in [-0.05, 0) is 12.8 Å². The first-order chi connectivity index (χ1) is 4.95. The maximum Gasteiger partial charge on any atom is 0.411 e. The van der Waals surface area contributed by atoms with Gasteiger partial charge in [-0.1, -0.05) is 0 Å². The van der Waals surface area contributed by atoms with Crippen LogP contribution in [0.5, 0.6) is 0 Å². The van der Waals surface area contributed by atoms with Crippen molar-refractivity contribution in [1.29, 1.82) is 0 Å². The number of carbonyl (C=O) groups excluding carboxylic acids is 1. The first kappa shape index (κ1) is 6.94. The van der Waals surface area contributed by atoms with Crippen LogP contribution in [0.4, 0.5) is 13.2 Å². The topological polar surface area (TPSA) is 29.1 Å². The molecule has 3 aliphatic rings. The van der Waals surface area contributed by atoms with Gasteiger partial charge < -0.3 is 5.32 Å². The van der Waals surface area contributed by atoms with E-state index in [2.05, 4.69) is 0 Å². The van der Waals surface area contributed by atoms with Crippen molar-refractivity contribution in [3.05, 3.63) is 0 Å². The van der Waals surface area contributed by atoms with E-state index >= 15 is 0 Å². The van der Waals surface area contributed by atoms with Gasteiger partial charge in [0.2, 0.25) is 5.91 Å². The largest absolute Gasteiger partial charge is 0.411 e. The Hall–Kier alpha value is -0.740. The van der Waals surface area contributed by atoms with Crippen molar-refractivity contribution in [1.82, 2.24) is 5.32 Å². The molecule has 0 spiro atoms. The molecule has 2 saturated heterocycles. The maximum atomic E-state index is 12.1. The molecule has 5 heteroatoms. The molecule has 2 bridgehead atoms. The number of fused-ring (bicyclic) bond motifs is 1. The number of amides is 1. The van der Waals surface area contributed by atoms with Crippen LogP contribution in [0.2, 0.25) is 0 Å². The standard InChI is InChI=1S/C6H6F3NO/c7-6(8,9)5-1-3(2-5)4(11)10-5/h3H,1-2H2,(H,10,11). The van der Waals surface area contributed by atoms with E-state index in [1.807, 2.05) is 5.32 Å². The van der Waals surface area contributed by atoms with Crippen LogP contribution >= 0.6 is 0 Å². The van der Waals surface area contributed by atoms with Crippen molar-refractivity contribution in [2.75, 3.05) is 0 Å². The highest BCUT2D eigenvalue weighted by Crippen LogP contribution is 2.53. The van der Waals surface area contributed by atoms with Gasteiger partial charge in [0.15, 0.2) is 0 Å². The summed E-state index contributed by atoms with van der Waals surface area (Å²) in [6.07, 6.45) is -4.39. The fourth-order valence-corrected chi connectivity index (χ4v) is 1.71. The molecular weight excluding hydrogens is 159 g/mol. The number of alkyl halides is 3. The summed E-state index contributed by atoms with van der Waals surface area (Å²) in [6.45, 7) is 0. The van der Waals surface area contributed by atoms with Gasteiger partial charge in [0.05, 0.1) is 0 Å². The molecule has 0 atom stereocenters. The SMILES string of the molecule is O=C1NC2(C(F)(F)F)CC1C2. The van der Waals surface area contributed by atoms with Crippen molar-refractivity contribution < 1.29 is 18.0 Å². The Labute approximate surface area is 60.8 Å². The number of carbonyl (C=O) groups is 1. The molecule has 11 heavy (non-hydrogen) atoms. The smallest absolute Gasteiger partial charge is 0.342 e. The summed E-state index contributed by atoms with van der Waals surface area (Å²) in [5, 5.41) is 1.98. The monoisotopic (exact) mass is 165 g/mol. The van der Waals surface area contributed by atoms with Crippen molar-refractivity contribution in [3.8, 4) is 0 Å². The molecule has 0 aromatic rings. The molecule has 3 rings (SSSR count). The minimum Gasteiger partial charge on any atom is -0.342 e. The molecular formula is C6H6F3NO. The van der Waals surface area contributed by atoms with E-state index in [-0.39, 0.29) is 18.8 Å². The van der Waals surface area contributed by atoms with Crippen molar-refractivity contribution in [3.63, 3.8) is 0 Å². The summed E-state index contributed by atoms with van der Waals surface area (Å²) in [6, 6.07) is 0. The van der Waals surface area contributed by atoms with Gasteiger partial charge in [-0.3, -0.25) is 4.79 Å². The third kappa shape index (κ3) is 0.657. The summed E-state index contributed by atoms with van der Waals surface area (Å²) in [5.41, 5.74) is -1.85. The third-order valence-corrected chi connectivity index (χ3v) is 2.47. The van der Waals surface area contributed by atoms with E-state index < -0.39 is 17.6 Å². The van der Waals surface area contributed by atoms with Gasteiger partial charge in [0.1, 0.15) is 5.54 Å². The van der Waals surface area contributed by atoms with Crippen LogP contribution < -0.4 is 5.32 Å². The average molecular weight is 165 g/mol. The van der Waals surface area contributed by atoms with Crippen LogP contribution in [0.1, 0.15) is 12.8 Å². The average Bonchev–Trinajstić information content (AvgIpc) is 2.13. The fraction of sp³-hybridized carbons (Fsp3) is 0.833. The molecule has 0 aromatic carbocycles. The first-order valence-corrected chi connectivity index (χ1v) is 3.33. The van der Waals surface area contributed by atoms with Gasteiger partial charge in [0.25, 0.3) is 0 Å². The van der Waals surface area contributed by atoms with E-state index in [1.165, 1.54) is 0 Å². The first-order valence-electron chi connectivity index (χ1n) is 3.33. The van der Waals surface area contributed by atoms with Gasteiger partial charge in [0, 0.05) is 5.92 Å². The zero-order valence-electron chi connectivity index (χ0n) is 5.53. The molecule has 0 radical (unpaired) electrons. The van der Waals surface area contributed by atoms with E-state index in [9.17, 15) is 18.0 Å². The van der Waals surface area contributed by atoms with Gasteiger partial charge >= 0.3 is 6.18 Å². The predicted molar refractivity (Wildman–Crippen MR) is 29.7 cm³/mol. The number of halogens is 3. The molecule has 1 N–H and O–H groups in total. The van der Waals surface area contributed by atoms with Crippen LogP contribution in [0.3, 0.4) is 0 Å². The van der Waals surface area contributed by atoms with Crippen molar-refractivity contribution in [2.24, 2.45) is 5.92 Å². The maximum absolute atomic E-state index is 12.1. The lowest BCUT2D eigenvalue weighted by Gasteiger charge is -2.37. The van der Waals surface area contributed by atoms with E-state index in [0.29, 0.717) is 0 Å². The Morgan fingerprint density at radius 1 is 1.45 bits per heavy atom. The summed E-state index contributed by atoms with van der Waals surface area (Å²) in [5.74, 6) is -0.820. The van der Waals surface area contributed by atoms with Crippen LogP contribution in [0, 0.1) is 5.92 Å². The lowest BCUT2D eigenvalue weighted by molar-refractivity contribution is -0.209. The lowest BCUT2D eigenvalue weighted by atomic mass is 9.73. The number of hydrogen-bond acceptors (Lipinski definition) is 1. The van der Waals surface area contributed by atoms with E-state index in [0.717, 1.165) is 0 Å². The Kier molecular flexibility index (Phi) is 0.971. The molecule has 3 fully saturated rings. The molecule has 0 unspecified atom stereocenters.